The van der Waals surface area contributed by atoms with Crippen LogP contribution < -0.4 is 10.6 Å². The summed E-state index contributed by atoms with van der Waals surface area (Å²) in [5.41, 5.74) is 6.11. The van der Waals surface area contributed by atoms with Crippen LogP contribution in [0.1, 0.15) is 11.6 Å². The smallest absolute Gasteiger partial charge is 0.325 e. The van der Waals surface area contributed by atoms with Gasteiger partial charge in [-0.15, -0.1) is 0 Å². The molecule has 1 aromatic rings. The molecule has 5 nitrogen and oxygen atoms in total. The topological polar surface area (TPSA) is 75.8 Å². The fourth-order valence-corrected chi connectivity index (χ4v) is 1.92. The third kappa shape index (κ3) is 2.60. The molecule has 1 aromatic carbocycles. The van der Waals surface area contributed by atoms with Gasteiger partial charge in [0, 0.05) is 24.3 Å². The summed E-state index contributed by atoms with van der Waals surface area (Å²) in [5.74, 6) is -1.83. The van der Waals surface area contributed by atoms with Gasteiger partial charge in [-0.3, -0.25) is 4.79 Å². The molecule has 98 valence electrons. The zero-order valence-corrected chi connectivity index (χ0v) is 9.80. The standard InChI is InChI=1S/C12H15FN2O3/c13-10-7-8(15-3-5-18-6-4-15)1-2-9(10)11(14)12(16)17/h1-2,7,11H,3-6,14H2,(H,16,17)/t11-/m0/s1. The Labute approximate surface area is 104 Å². The van der Waals surface area contributed by atoms with Crippen LogP contribution in [0.3, 0.4) is 0 Å². The quantitative estimate of drug-likeness (QED) is 0.832. The molecular weight excluding hydrogens is 239 g/mol. The van der Waals surface area contributed by atoms with Crippen molar-refractivity contribution in [2.45, 2.75) is 6.04 Å². The second kappa shape index (κ2) is 5.32. The molecule has 1 aliphatic rings. The Morgan fingerprint density at radius 2 is 2.11 bits per heavy atom. The zero-order valence-electron chi connectivity index (χ0n) is 9.80. The van der Waals surface area contributed by atoms with Crippen LogP contribution in [-0.2, 0) is 9.53 Å². The maximum absolute atomic E-state index is 13.8. The Kier molecular flexibility index (Phi) is 3.78. The lowest BCUT2D eigenvalue weighted by atomic mass is 10.1. The number of nitrogens with zero attached hydrogens (tertiary/aromatic N) is 1. The maximum Gasteiger partial charge on any atom is 0.325 e. The molecule has 1 aliphatic heterocycles. The Morgan fingerprint density at radius 3 is 2.67 bits per heavy atom. The number of ether oxygens (including phenoxy) is 1. The molecule has 0 spiro atoms. The van der Waals surface area contributed by atoms with Crippen LogP contribution in [0, 0.1) is 5.82 Å². The number of carboxylic acids is 1. The van der Waals surface area contributed by atoms with Gasteiger partial charge in [0.2, 0.25) is 0 Å². The lowest BCUT2D eigenvalue weighted by Gasteiger charge is -2.29. The summed E-state index contributed by atoms with van der Waals surface area (Å²) >= 11 is 0. The molecule has 0 radical (unpaired) electrons. The molecule has 3 N–H and O–H groups in total. The molecule has 6 heteroatoms. The summed E-state index contributed by atoms with van der Waals surface area (Å²) in [6.07, 6.45) is 0. The Balaban J connectivity index is 2.21. The van der Waals surface area contributed by atoms with Crippen molar-refractivity contribution in [3.05, 3.63) is 29.6 Å². The van der Waals surface area contributed by atoms with E-state index in [0.29, 0.717) is 26.3 Å². The number of rotatable bonds is 3. The van der Waals surface area contributed by atoms with Gasteiger partial charge in [-0.1, -0.05) is 6.07 Å². The van der Waals surface area contributed by atoms with E-state index in [-0.39, 0.29) is 5.56 Å². The lowest BCUT2D eigenvalue weighted by molar-refractivity contribution is -0.138. The van der Waals surface area contributed by atoms with Crippen molar-refractivity contribution in [3.8, 4) is 0 Å². The lowest BCUT2D eigenvalue weighted by Crippen LogP contribution is -2.36. The molecule has 0 bridgehead atoms. The first-order chi connectivity index (χ1) is 8.59. The van der Waals surface area contributed by atoms with Crippen LogP contribution in [0.4, 0.5) is 10.1 Å². The van der Waals surface area contributed by atoms with Gasteiger partial charge in [0.25, 0.3) is 0 Å². The molecule has 0 unspecified atom stereocenters. The minimum Gasteiger partial charge on any atom is -0.480 e. The number of carboxylic acid groups (broad SMARTS) is 1. The number of aliphatic carboxylic acids is 1. The maximum atomic E-state index is 13.8. The molecule has 0 saturated carbocycles. The predicted molar refractivity (Wildman–Crippen MR) is 64.0 cm³/mol. The molecule has 0 aromatic heterocycles. The molecule has 1 atom stereocenters. The van der Waals surface area contributed by atoms with E-state index in [0.717, 1.165) is 5.69 Å². The first-order valence-electron chi connectivity index (χ1n) is 5.70. The van der Waals surface area contributed by atoms with Crippen LogP contribution in [0.25, 0.3) is 0 Å². The molecule has 2 rings (SSSR count). The van der Waals surface area contributed by atoms with Crippen molar-refractivity contribution in [1.82, 2.24) is 0 Å². The highest BCUT2D eigenvalue weighted by atomic mass is 19.1. The monoisotopic (exact) mass is 254 g/mol. The van der Waals surface area contributed by atoms with Crippen molar-refractivity contribution in [1.29, 1.82) is 0 Å². The third-order valence-electron chi connectivity index (χ3n) is 2.96. The van der Waals surface area contributed by atoms with Gasteiger partial charge in [-0.25, -0.2) is 4.39 Å². The van der Waals surface area contributed by atoms with Crippen LogP contribution in [-0.4, -0.2) is 37.4 Å². The minimum absolute atomic E-state index is 0.000454. The van der Waals surface area contributed by atoms with Crippen molar-refractivity contribution in [2.75, 3.05) is 31.2 Å². The van der Waals surface area contributed by atoms with Gasteiger partial charge in [-0.05, 0) is 12.1 Å². The highest BCUT2D eigenvalue weighted by Gasteiger charge is 2.20. The minimum atomic E-state index is -1.33. The fraction of sp³-hybridized carbons (Fsp3) is 0.417. The molecule has 0 aliphatic carbocycles. The molecule has 0 amide bonds. The normalized spacial score (nSPS) is 17.6. The van der Waals surface area contributed by atoms with Crippen LogP contribution in [0.5, 0.6) is 0 Å². The Hall–Kier alpha value is -1.66. The van der Waals surface area contributed by atoms with E-state index in [4.69, 9.17) is 15.6 Å². The van der Waals surface area contributed by atoms with E-state index in [2.05, 4.69) is 0 Å². The third-order valence-corrected chi connectivity index (χ3v) is 2.96. The SMILES string of the molecule is N[C@H](C(=O)O)c1ccc(N2CCOCC2)cc1F. The molecule has 18 heavy (non-hydrogen) atoms. The Morgan fingerprint density at radius 1 is 1.44 bits per heavy atom. The fourth-order valence-electron chi connectivity index (χ4n) is 1.92. The summed E-state index contributed by atoms with van der Waals surface area (Å²) in [6, 6.07) is 3.11. The first-order valence-corrected chi connectivity index (χ1v) is 5.70. The van der Waals surface area contributed by atoms with Gasteiger partial charge < -0.3 is 20.5 Å². The number of hydrogen-bond acceptors (Lipinski definition) is 4. The van der Waals surface area contributed by atoms with Crippen LogP contribution in [0.2, 0.25) is 0 Å². The summed E-state index contributed by atoms with van der Waals surface area (Å²) in [5, 5.41) is 8.76. The molecule has 1 fully saturated rings. The van der Waals surface area contributed by atoms with Crippen molar-refractivity contribution < 1.29 is 19.0 Å². The first kappa shape index (κ1) is 12.8. The van der Waals surface area contributed by atoms with E-state index < -0.39 is 17.8 Å². The second-order valence-electron chi connectivity index (χ2n) is 4.12. The van der Waals surface area contributed by atoms with Crippen molar-refractivity contribution in [2.24, 2.45) is 5.73 Å². The van der Waals surface area contributed by atoms with Gasteiger partial charge in [0.1, 0.15) is 11.9 Å². The number of nitrogens with two attached hydrogens (primary N) is 1. The van der Waals surface area contributed by atoms with E-state index in [1.807, 2.05) is 4.90 Å². The molecular formula is C12H15FN2O3. The van der Waals surface area contributed by atoms with E-state index in [1.165, 1.54) is 12.1 Å². The summed E-state index contributed by atoms with van der Waals surface area (Å²) in [6.45, 7) is 2.61. The summed E-state index contributed by atoms with van der Waals surface area (Å²) < 4.78 is 19.0. The predicted octanol–water partition coefficient (Wildman–Crippen LogP) is 0.747. The van der Waals surface area contributed by atoms with Crippen LogP contribution in [0.15, 0.2) is 18.2 Å². The van der Waals surface area contributed by atoms with E-state index in [9.17, 15) is 9.18 Å². The van der Waals surface area contributed by atoms with Gasteiger partial charge in [0.05, 0.1) is 13.2 Å². The number of halogens is 1. The second-order valence-corrected chi connectivity index (χ2v) is 4.12. The van der Waals surface area contributed by atoms with Crippen molar-refractivity contribution in [3.63, 3.8) is 0 Å². The van der Waals surface area contributed by atoms with Crippen LogP contribution >= 0.6 is 0 Å². The largest absolute Gasteiger partial charge is 0.480 e. The van der Waals surface area contributed by atoms with Crippen molar-refractivity contribution >= 4 is 11.7 Å². The summed E-state index contributed by atoms with van der Waals surface area (Å²) in [7, 11) is 0. The Bertz CT molecular complexity index is 447. The molecule has 1 saturated heterocycles. The average Bonchev–Trinajstić information content (AvgIpc) is 2.38. The average molecular weight is 254 g/mol. The van der Waals surface area contributed by atoms with Gasteiger partial charge in [-0.2, -0.15) is 0 Å². The number of carbonyl (C=O) groups is 1. The van der Waals surface area contributed by atoms with Gasteiger partial charge >= 0.3 is 5.97 Å². The van der Waals surface area contributed by atoms with Gasteiger partial charge in [0.15, 0.2) is 0 Å². The number of morpholine rings is 1. The summed E-state index contributed by atoms with van der Waals surface area (Å²) in [4.78, 5) is 12.7. The number of hydrogen-bond donors (Lipinski definition) is 2. The molecule has 1 heterocycles. The highest BCUT2D eigenvalue weighted by molar-refractivity contribution is 5.75. The van der Waals surface area contributed by atoms with E-state index >= 15 is 0 Å². The number of anilines is 1. The highest BCUT2D eigenvalue weighted by Crippen LogP contribution is 2.23. The van der Waals surface area contributed by atoms with E-state index in [1.54, 1.807) is 6.07 Å². The number of benzene rings is 1. The zero-order chi connectivity index (χ0) is 13.1.